The second kappa shape index (κ2) is 9.30. The third-order valence-corrected chi connectivity index (χ3v) is 6.21. The first-order chi connectivity index (χ1) is 16.6. The van der Waals surface area contributed by atoms with Crippen molar-refractivity contribution in [3.63, 3.8) is 0 Å². The lowest BCUT2D eigenvalue weighted by atomic mass is 9.96. The van der Waals surface area contributed by atoms with Gasteiger partial charge in [0, 0.05) is 24.9 Å². The maximum absolute atomic E-state index is 13.3. The van der Waals surface area contributed by atoms with E-state index in [1.807, 2.05) is 38.1 Å². The van der Waals surface area contributed by atoms with E-state index in [1.54, 1.807) is 17.5 Å². The molecule has 1 atom stereocenters. The fourth-order valence-electron chi connectivity index (χ4n) is 4.52. The molecule has 10 nitrogen and oxygen atoms in total. The SMILES string of the molecule is Cc1nc2c(C)cccn2c1/C(O)=C1\C(=O)C(=O)N(CCCN(C)C)[C@H]1c1ccc([N+](=O)[O-])cc1. The van der Waals surface area contributed by atoms with E-state index in [0.29, 0.717) is 35.6 Å². The van der Waals surface area contributed by atoms with Crippen molar-refractivity contribution in [1.29, 1.82) is 0 Å². The van der Waals surface area contributed by atoms with Crippen LogP contribution in [0.15, 0.2) is 48.2 Å². The summed E-state index contributed by atoms with van der Waals surface area (Å²) < 4.78 is 1.70. The molecule has 0 spiro atoms. The molecule has 0 unspecified atom stereocenters. The Bertz CT molecular complexity index is 1360. The largest absolute Gasteiger partial charge is 0.505 e. The number of benzene rings is 1. The monoisotopic (exact) mass is 477 g/mol. The highest BCUT2D eigenvalue weighted by Crippen LogP contribution is 2.40. The maximum Gasteiger partial charge on any atom is 0.295 e. The second-order valence-electron chi connectivity index (χ2n) is 8.93. The predicted molar refractivity (Wildman–Crippen MR) is 130 cm³/mol. The Morgan fingerprint density at radius 3 is 2.49 bits per heavy atom. The van der Waals surface area contributed by atoms with E-state index < -0.39 is 22.7 Å². The number of hydrogen-bond acceptors (Lipinski definition) is 7. The van der Waals surface area contributed by atoms with Crippen LogP contribution in [0.3, 0.4) is 0 Å². The van der Waals surface area contributed by atoms with Crippen molar-refractivity contribution in [2.45, 2.75) is 26.3 Å². The molecule has 0 saturated carbocycles. The Morgan fingerprint density at radius 2 is 1.86 bits per heavy atom. The zero-order valence-corrected chi connectivity index (χ0v) is 20.1. The molecule has 4 rings (SSSR count). The minimum atomic E-state index is -0.882. The lowest BCUT2D eigenvalue weighted by molar-refractivity contribution is -0.384. The van der Waals surface area contributed by atoms with E-state index in [-0.39, 0.29) is 23.6 Å². The number of pyridine rings is 1. The molecular weight excluding hydrogens is 450 g/mol. The number of rotatable bonds is 7. The fraction of sp³-hybridized carbons (Fsp3) is 0.320. The average molecular weight is 478 g/mol. The van der Waals surface area contributed by atoms with E-state index in [0.717, 1.165) is 5.56 Å². The number of nitro groups is 1. The second-order valence-corrected chi connectivity index (χ2v) is 8.93. The van der Waals surface area contributed by atoms with Gasteiger partial charge >= 0.3 is 0 Å². The molecule has 0 radical (unpaired) electrons. The summed E-state index contributed by atoms with van der Waals surface area (Å²) in [5.74, 6) is -1.83. The Hall–Kier alpha value is -4.05. The van der Waals surface area contributed by atoms with Gasteiger partial charge in [-0.2, -0.15) is 0 Å². The van der Waals surface area contributed by atoms with Gasteiger partial charge in [-0.3, -0.25) is 24.1 Å². The minimum absolute atomic E-state index is 0.0555. The van der Waals surface area contributed by atoms with Crippen molar-refractivity contribution in [3.8, 4) is 0 Å². The van der Waals surface area contributed by atoms with Crippen molar-refractivity contribution in [3.05, 3.63) is 80.8 Å². The summed E-state index contributed by atoms with van der Waals surface area (Å²) in [6.07, 6.45) is 2.35. The number of nitro benzene ring substituents is 1. The number of likely N-dealkylation sites (tertiary alicyclic amines) is 1. The summed E-state index contributed by atoms with van der Waals surface area (Å²) in [6, 6.07) is 8.53. The summed E-state index contributed by atoms with van der Waals surface area (Å²) in [7, 11) is 3.83. The zero-order chi connectivity index (χ0) is 25.4. The van der Waals surface area contributed by atoms with E-state index >= 15 is 0 Å². The Morgan fingerprint density at radius 1 is 1.17 bits per heavy atom. The van der Waals surface area contributed by atoms with Crippen LogP contribution in [0.2, 0.25) is 0 Å². The van der Waals surface area contributed by atoms with Crippen LogP contribution in [0.1, 0.15) is 35.0 Å². The van der Waals surface area contributed by atoms with Crippen molar-refractivity contribution in [2.75, 3.05) is 27.2 Å². The third kappa shape index (κ3) is 4.28. The standard InChI is InChI=1S/C25H27N5O5/c1-15-7-5-13-28-20(16(2)26-24(15)28)22(31)19-21(17-8-10-18(11-9-17)30(34)35)29(25(33)23(19)32)14-6-12-27(3)4/h5,7-11,13,21,31H,6,12,14H2,1-4H3/b22-19+/t21-/m0/s1. The Kier molecular flexibility index (Phi) is 6.40. The van der Waals surface area contributed by atoms with Gasteiger partial charge in [0.05, 0.1) is 22.2 Å². The number of carbonyl (C=O) groups is 2. The summed E-state index contributed by atoms with van der Waals surface area (Å²) in [4.78, 5) is 45.0. The van der Waals surface area contributed by atoms with Gasteiger partial charge in [0.15, 0.2) is 5.76 Å². The molecule has 3 heterocycles. The van der Waals surface area contributed by atoms with Gasteiger partial charge in [-0.05, 0) is 70.2 Å². The molecule has 10 heteroatoms. The number of hydrogen-bond donors (Lipinski definition) is 1. The van der Waals surface area contributed by atoms with Crippen LogP contribution in [-0.2, 0) is 9.59 Å². The van der Waals surface area contributed by atoms with Gasteiger partial charge in [0.25, 0.3) is 17.4 Å². The van der Waals surface area contributed by atoms with Crippen LogP contribution in [0.5, 0.6) is 0 Å². The van der Waals surface area contributed by atoms with Gasteiger partial charge in [-0.15, -0.1) is 0 Å². The highest BCUT2D eigenvalue weighted by atomic mass is 16.6. The van der Waals surface area contributed by atoms with E-state index in [9.17, 15) is 24.8 Å². The van der Waals surface area contributed by atoms with Crippen LogP contribution >= 0.6 is 0 Å². The molecule has 1 aromatic carbocycles. The highest BCUT2D eigenvalue weighted by molar-refractivity contribution is 6.46. The number of aromatic nitrogens is 2. The molecule has 3 aromatic rings. The topological polar surface area (TPSA) is 121 Å². The molecular formula is C25H27N5O5. The van der Waals surface area contributed by atoms with E-state index in [4.69, 9.17) is 0 Å². The smallest absolute Gasteiger partial charge is 0.295 e. The summed E-state index contributed by atoms with van der Waals surface area (Å²) in [5.41, 5.74) is 2.72. The lowest BCUT2D eigenvalue weighted by Gasteiger charge is -2.26. The molecule has 0 bridgehead atoms. The number of non-ortho nitro benzene ring substituents is 1. The van der Waals surface area contributed by atoms with Gasteiger partial charge in [0.2, 0.25) is 0 Å². The number of nitrogens with zero attached hydrogens (tertiary/aromatic N) is 5. The minimum Gasteiger partial charge on any atom is -0.505 e. The quantitative estimate of drug-likeness (QED) is 0.182. The van der Waals surface area contributed by atoms with Gasteiger partial charge in [-0.25, -0.2) is 4.98 Å². The number of carbonyl (C=O) groups excluding carboxylic acids is 2. The number of aliphatic hydroxyl groups is 1. The average Bonchev–Trinajstić information content (AvgIpc) is 3.28. The number of imidazole rings is 1. The van der Waals surface area contributed by atoms with Gasteiger partial charge in [-0.1, -0.05) is 6.07 Å². The van der Waals surface area contributed by atoms with Crippen LogP contribution in [0.25, 0.3) is 11.4 Å². The predicted octanol–water partition coefficient (Wildman–Crippen LogP) is 3.23. The first-order valence-corrected chi connectivity index (χ1v) is 11.2. The molecule has 1 amide bonds. The first kappa shape index (κ1) is 24.1. The Labute approximate surface area is 202 Å². The summed E-state index contributed by atoms with van der Waals surface area (Å²) in [5, 5.41) is 22.6. The lowest BCUT2D eigenvalue weighted by Crippen LogP contribution is -2.32. The number of ketones is 1. The Balaban J connectivity index is 1.89. The zero-order valence-electron chi connectivity index (χ0n) is 20.1. The molecule has 1 aliphatic rings. The number of Topliss-reactive ketones (excluding diaryl/α,β-unsaturated/α-hetero) is 1. The van der Waals surface area contributed by atoms with E-state index in [2.05, 4.69) is 4.98 Å². The van der Waals surface area contributed by atoms with Crippen LogP contribution in [0.4, 0.5) is 5.69 Å². The molecule has 2 aromatic heterocycles. The fourth-order valence-corrected chi connectivity index (χ4v) is 4.52. The summed E-state index contributed by atoms with van der Waals surface area (Å²) >= 11 is 0. The van der Waals surface area contributed by atoms with Gasteiger partial charge in [0.1, 0.15) is 11.3 Å². The third-order valence-electron chi connectivity index (χ3n) is 6.21. The summed E-state index contributed by atoms with van der Waals surface area (Å²) in [6.45, 7) is 4.61. The van der Waals surface area contributed by atoms with Crippen LogP contribution in [0, 0.1) is 24.0 Å². The van der Waals surface area contributed by atoms with Crippen molar-refractivity contribution >= 4 is 28.8 Å². The molecule has 0 aliphatic carbocycles. The van der Waals surface area contributed by atoms with Crippen LogP contribution in [-0.4, -0.2) is 68.1 Å². The number of amides is 1. The number of aliphatic hydroxyl groups excluding tert-OH is 1. The first-order valence-electron chi connectivity index (χ1n) is 11.2. The number of fused-ring (bicyclic) bond motifs is 1. The number of aryl methyl sites for hydroxylation is 2. The molecule has 1 aliphatic heterocycles. The van der Waals surface area contributed by atoms with Crippen molar-refractivity contribution < 1.29 is 19.6 Å². The maximum atomic E-state index is 13.3. The normalized spacial score (nSPS) is 17.6. The van der Waals surface area contributed by atoms with E-state index in [1.165, 1.54) is 29.2 Å². The highest BCUT2D eigenvalue weighted by Gasteiger charge is 2.46. The molecule has 35 heavy (non-hydrogen) atoms. The molecule has 1 saturated heterocycles. The van der Waals surface area contributed by atoms with Gasteiger partial charge < -0.3 is 14.9 Å². The van der Waals surface area contributed by atoms with Crippen LogP contribution < -0.4 is 0 Å². The molecule has 182 valence electrons. The molecule has 1 N–H and O–H groups in total. The molecule has 1 fully saturated rings. The van der Waals surface area contributed by atoms with Crippen molar-refractivity contribution in [2.24, 2.45) is 0 Å². The van der Waals surface area contributed by atoms with Crippen molar-refractivity contribution in [1.82, 2.24) is 19.2 Å².